The molecule has 1 fully saturated rings. The average molecular weight is 498 g/mol. The molecule has 2 aromatic carbocycles. The van der Waals surface area contributed by atoms with E-state index in [0.717, 1.165) is 0 Å². The van der Waals surface area contributed by atoms with Gasteiger partial charge in [-0.3, -0.25) is 14.5 Å². The maximum atomic E-state index is 13.3. The van der Waals surface area contributed by atoms with Crippen molar-refractivity contribution in [3.05, 3.63) is 76.7 Å². The van der Waals surface area contributed by atoms with Gasteiger partial charge in [0.05, 0.1) is 42.7 Å². The largest absolute Gasteiger partial charge is 0.507 e. The lowest BCUT2D eigenvalue weighted by Crippen LogP contribution is -2.29. The fraction of sp³-hybridized carbons (Fsp3) is 0.231. The van der Waals surface area contributed by atoms with Gasteiger partial charge in [-0.1, -0.05) is 11.6 Å². The highest BCUT2D eigenvalue weighted by Gasteiger charge is 2.48. The Morgan fingerprint density at radius 2 is 1.74 bits per heavy atom. The molecule has 1 aliphatic heterocycles. The Balaban J connectivity index is 1.89. The number of carbonyl (C=O) groups is 2. The van der Waals surface area contributed by atoms with Crippen molar-refractivity contribution in [1.82, 2.24) is 0 Å². The third-order valence-electron chi connectivity index (χ3n) is 5.47. The summed E-state index contributed by atoms with van der Waals surface area (Å²) in [7, 11) is 2.82. The van der Waals surface area contributed by atoms with E-state index < -0.39 is 23.5 Å². The van der Waals surface area contributed by atoms with Crippen LogP contribution in [0.15, 0.2) is 64.8 Å². The zero-order valence-corrected chi connectivity index (χ0v) is 20.3. The van der Waals surface area contributed by atoms with E-state index >= 15 is 0 Å². The molecule has 9 heteroatoms. The van der Waals surface area contributed by atoms with Gasteiger partial charge in [-0.25, -0.2) is 0 Å². The highest BCUT2D eigenvalue weighted by molar-refractivity contribution is 6.51. The smallest absolute Gasteiger partial charge is 0.300 e. The van der Waals surface area contributed by atoms with Crippen molar-refractivity contribution in [1.29, 1.82) is 0 Å². The molecule has 1 atom stereocenters. The summed E-state index contributed by atoms with van der Waals surface area (Å²) in [6.07, 6.45) is 1.41. The maximum Gasteiger partial charge on any atom is 0.300 e. The lowest BCUT2D eigenvalue weighted by atomic mass is 9.98. The van der Waals surface area contributed by atoms with E-state index in [9.17, 15) is 14.7 Å². The minimum atomic E-state index is -1.02. The summed E-state index contributed by atoms with van der Waals surface area (Å²) in [6, 6.07) is 11.9. The second-order valence-corrected chi connectivity index (χ2v) is 8.44. The molecule has 4 rings (SSSR count). The second kappa shape index (κ2) is 9.76. The van der Waals surface area contributed by atoms with Gasteiger partial charge < -0.3 is 23.7 Å². The van der Waals surface area contributed by atoms with Crippen LogP contribution < -0.4 is 19.1 Å². The first kappa shape index (κ1) is 24.2. The summed E-state index contributed by atoms with van der Waals surface area (Å²) >= 11 is 6.20. The van der Waals surface area contributed by atoms with Crippen LogP contribution in [0.2, 0.25) is 5.02 Å². The lowest BCUT2D eigenvalue weighted by molar-refractivity contribution is -0.132. The second-order valence-electron chi connectivity index (χ2n) is 8.03. The van der Waals surface area contributed by atoms with Crippen LogP contribution in [0.1, 0.15) is 31.2 Å². The third kappa shape index (κ3) is 4.44. The summed E-state index contributed by atoms with van der Waals surface area (Å²) < 4.78 is 21.9. The number of rotatable bonds is 7. The number of benzene rings is 2. The number of anilines is 1. The number of hydrogen-bond donors (Lipinski definition) is 1. The molecule has 0 saturated carbocycles. The molecule has 0 spiro atoms. The van der Waals surface area contributed by atoms with Gasteiger partial charge in [-0.05, 0) is 56.3 Å². The van der Waals surface area contributed by atoms with E-state index in [-0.39, 0.29) is 33.8 Å². The Labute approximate surface area is 207 Å². The predicted molar refractivity (Wildman–Crippen MR) is 130 cm³/mol. The lowest BCUT2D eigenvalue weighted by Gasteiger charge is -2.24. The van der Waals surface area contributed by atoms with Gasteiger partial charge in [0.2, 0.25) is 0 Å². The molecule has 1 unspecified atom stereocenters. The molecule has 0 radical (unpaired) electrons. The predicted octanol–water partition coefficient (Wildman–Crippen LogP) is 5.36. The summed E-state index contributed by atoms with van der Waals surface area (Å²) in [4.78, 5) is 27.8. The summed E-state index contributed by atoms with van der Waals surface area (Å²) in [6.45, 7) is 3.81. The molecule has 182 valence electrons. The summed E-state index contributed by atoms with van der Waals surface area (Å²) in [5, 5.41) is 11.6. The van der Waals surface area contributed by atoms with Gasteiger partial charge >= 0.3 is 0 Å². The van der Waals surface area contributed by atoms with Crippen LogP contribution >= 0.6 is 11.6 Å². The van der Waals surface area contributed by atoms with Crippen molar-refractivity contribution >= 4 is 34.7 Å². The number of carbonyl (C=O) groups excluding carboxylic acids is 2. The first-order valence-corrected chi connectivity index (χ1v) is 11.2. The van der Waals surface area contributed by atoms with E-state index in [1.807, 2.05) is 13.8 Å². The van der Waals surface area contributed by atoms with E-state index in [2.05, 4.69) is 0 Å². The molecular weight excluding hydrogens is 474 g/mol. The molecule has 1 aliphatic rings. The number of furan rings is 1. The summed E-state index contributed by atoms with van der Waals surface area (Å²) in [5.41, 5.74) is 0.420. The van der Waals surface area contributed by atoms with Crippen LogP contribution in [0.5, 0.6) is 17.2 Å². The zero-order valence-electron chi connectivity index (χ0n) is 19.6. The number of ketones is 1. The normalized spacial score (nSPS) is 17.2. The van der Waals surface area contributed by atoms with Crippen LogP contribution in [-0.2, 0) is 9.59 Å². The molecule has 2 heterocycles. The van der Waals surface area contributed by atoms with Crippen molar-refractivity contribution in [3.8, 4) is 17.2 Å². The number of aliphatic hydroxyl groups is 1. The SMILES string of the molecule is COc1cc(/C(O)=C2\C(=O)C(=O)N(c3ccc(OC(C)C)cc3)C2c2ccco2)c(OC)cc1Cl. The number of hydrogen-bond acceptors (Lipinski definition) is 7. The molecule has 1 saturated heterocycles. The highest BCUT2D eigenvalue weighted by atomic mass is 35.5. The fourth-order valence-electron chi connectivity index (χ4n) is 3.96. The average Bonchev–Trinajstić information content (AvgIpc) is 3.45. The number of nitrogens with zero attached hydrogens (tertiary/aromatic N) is 1. The van der Waals surface area contributed by atoms with Crippen molar-refractivity contribution < 1.29 is 33.3 Å². The molecule has 1 amide bonds. The Morgan fingerprint density at radius 3 is 2.31 bits per heavy atom. The minimum Gasteiger partial charge on any atom is -0.507 e. The number of methoxy groups -OCH3 is 2. The van der Waals surface area contributed by atoms with Gasteiger partial charge in [-0.2, -0.15) is 0 Å². The Morgan fingerprint density at radius 1 is 1.06 bits per heavy atom. The quantitative estimate of drug-likeness (QED) is 0.266. The van der Waals surface area contributed by atoms with Crippen molar-refractivity contribution in [2.75, 3.05) is 19.1 Å². The van der Waals surface area contributed by atoms with Gasteiger partial charge in [0.15, 0.2) is 0 Å². The standard InChI is InChI=1S/C26H24ClNO7/c1-14(2)35-16-9-7-15(8-10-16)28-23(19-6-5-11-34-19)22(25(30)26(28)31)24(29)17-12-21(33-4)18(27)13-20(17)32-3/h5-14,23,29H,1-4H3/b24-22+. The van der Waals surface area contributed by atoms with Crippen LogP contribution in [0.4, 0.5) is 5.69 Å². The molecule has 1 aromatic heterocycles. The number of halogens is 1. The zero-order chi connectivity index (χ0) is 25.3. The van der Waals surface area contributed by atoms with Gasteiger partial charge in [0, 0.05) is 11.8 Å². The van der Waals surface area contributed by atoms with Crippen molar-refractivity contribution in [3.63, 3.8) is 0 Å². The Kier molecular flexibility index (Phi) is 6.75. The van der Waals surface area contributed by atoms with Gasteiger partial charge in [-0.15, -0.1) is 0 Å². The molecule has 1 N–H and O–H groups in total. The minimum absolute atomic E-state index is 0.0236. The molecular formula is C26H24ClNO7. The first-order valence-electron chi connectivity index (χ1n) is 10.8. The van der Waals surface area contributed by atoms with Gasteiger partial charge in [0.1, 0.15) is 34.8 Å². The van der Waals surface area contributed by atoms with Crippen molar-refractivity contribution in [2.24, 2.45) is 0 Å². The fourth-order valence-corrected chi connectivity index (χ4v) is 4.19. The van der Waals surface area contributed by atoms with E-state index in [1.165, 1.54) is 37.5 Å². The molecule has 35 heavy (non-hydrogen) atoms. The van der Waals surface area contributed by atoms with Crippen LogP contribution in [-0.4, -0.2) is 37.1 Å². The van der Waals surface area contributed by atoms with Gasteiger partial charge in [0.25, 0.3) is 11.7 Å². The number of ether oxygens (including phenoxy) is 3. The topological polar surface area (TPSA) is 98.4 Å². The maximum absolute atomic E-state index is 13.3. The molecule has 0 bridgehead atoms. The van der Waals surface area contributed by atoms with E-state index in [1.54, 1.807) is 36.4 Å². The van der Waals surface area contributed by atoms with Crippen LogP contribution in [0.3, 0.4) is 0 Å². The molecule has 8 nitrogen and oxygen atoms in total. The third-order valence-corrected chi connectivity index (χ3v) is 5.77. The van der Waals surface area contributed by atoms with Crippen LogP contribution in [0, 0.1) is 0 Å². The number of Topliss-reactive ketones (excluding diaryl/α,β-unsaturated/α-hetero) is 1. The number of amides is 1. The highest BCUT2D eigenvalue weighted by Crippen LogP contribution is 2.45. The van der Waals surface area contributed by atoms with Crippen LogP contribution in [0.25, 0.3) is 5.76 Å². The Hall–Kier alpha value is -3.91. The molecule has 0 aliphatic carbocycles. The Bertz CT molecular complexity index is 1280. The number of aliphatic hydroxyl groups excluding tert-OH is 1. The van der Waals surface area contributed by atoms with E-state index in [0.29, 0.717) is 17.2 Å². The van der Waals surface area contributed by atoms with Crippen molar-refractivity contribution in [2.45, 2.75) is 26.0 Å². The molecule has 3 aromatic rings. The van der Waals surface area contributed by atoms with E-state index in [4.69, 9.17) is 30.2 Å². The first-order chi connectivity index (χ1) is 16.8. The summed E-state index contributed by atoms with van der Waals surface area (Å²) in [5.74, 6) is -0.751. The monoisotopic (exact) mass is 497 g/mol.